The van der Waals surface area contributed by atoms with E-state index in [1.165, 1.54) is 0 Å². The zero-order valence-corrected chi connectivity index (χ0v) is 7.28. The molecule has 3 N–H and O–H groups in total. The minimum atomic E-state index is -3.00. The van der Waals surface area contributed by atoms with E-state index in [-0.39, 0.29) is 6.42 Å². The van der Waals surface area contributed by atoms with Crippen molar-refractivity contribution in [3.8, 4) is 0 Å². The van der Waals surface area contributed by atoms with E-state index in [1.807, 2.05) is 0 Å². The van der Waals surface area contributed by atoms with Crippen molar-refractivity contribution in [2.24, 2.45) is 5.73 Å². The van der Waals surface area contributed by atoms with Crippen LogP contribution in [0.1, 0.15) is 6.42 Å². The quantitative estimate of drug-likeness (QED) is 0.675. The molecule has 0 spiro atoms. The Hall–Kier alpha value is -0.790. The number of hydrogen-bond donors (Lipinski definition) is 2. The van der Waals surface area contributed by atoms with Crippen LogP contribution in [-0.2, 0) is 14.3 Å². The normalized spacial score (nSPS) is 24.5. The molecule has 0 aromatic heterocycles. The maximum absolute atomic E-state index is 12.5. The molecule has 0 aliphatic carbocycles. The van der Waals surface area contributed by atoms with Crippen molar-refractivity contribution in [1.29, 1.82) is 0 Å². The van der Waals surface area contributed by atoms with Crippen LogP contribution >= 0.6 is 0 Å². The molecule has 0 amide bonds. The number of carboxylic acid groups (broad SMARTS) is 1. The Kier molecular flexibility index (Phi) is 3.35. The Balaban J connectivity index is 2.32. The van der Waals surface area contributed by atoms with Crippen LogP contribution in [0.2, 0.25) is 0 Å². The largest absolute Gasteiger partial charge is 0.480 e. The fourth-order valence-corrected chi connectivity index (χ4v) is 0.964. The van der Waals surface area contributed by atoms with E-state index in [2.05, 4.69) is 9.47 Å². The van der Waals surface area contributed by atoms with Gasteiger partial charge in [0.25, 0.3) is 5.92 Å². The van der Waals surface area contributed by atoms with Gasteiger partial charge in [-0.1, -0.05) is 0 Å². The molecule has 5 nitrogen and oxygen atoms in total. The van der Waals surface area contributed by atoms with Crippen LogP contribution in [0.25, 0.3) is 0 Å². The van der Waals surface area contributed by atoms with Gasteiger partial charge in [0, 0.05) is 6.42 Å². The maximum atomic E-state index is 12.5. The number of nitrogens with two attached hydrogens (primary N) is 1. The summed E-state index contributed by atoms with van der Waals surface area (Å²) in [7, 11) is 0. The van der Waals surface area contributed by atoms with Gasteiger partial charge in [0.2, 0.25) is 0 Å². The SMILES string of the molecule is NC(CC1OCC(F)(F)CO1)C(=O)O. The first-order chi connectivity index (χ1) is 6.41. The summed E-state index contributed by atoms with van der Waals surface area (Å²) < 4.78 is 34.1. The first-order valence-corrected chi connectivity index (χ1v) is 4.00. The number of ether oxygens (including phenoxy) is 2. The van der Waals surface area contributed by atoms with Gasteiger partial charge in [-0.05, 0) is 0 Å². The lowest BCUT2D eigenvalue weighted by Crippen LogP contribution is -2.44. The number of halogens is 2. The summed E-state index contributed by atoms with van der Waals surface area (Å²) in [5.41, 5.74) is 5.17. The molecule has 1 aliphatic rings. The zero-order valence-electron chi connectivity index (χ0n) is 7.28. The highest BCUT2D eigenvalue weighted by molar-refractivity contribution is 5.73. The van der Waals surface area contributed by atoms with Gasteiger partial charge < -0.3 is 20.3 Å². The van der Waals surface area contributed by atoms with Gasteiger partial charge in [-0.3, -0.25) is 4.79 Å². The minimum absolute atomic E-state index is 0.134. The van der Waals surface area contributed by atoms with E-state index >= 15 is 0 Å². The minimum Gasteiger partial charge on any atom is -0.480 e. The van der Waals surface area contributed by atoms with Crippen molar-refractivity contribution in [2.75, 3.05) is 13.2 Å². The Bertz CT molecular complexity index is 214. The van der Waals surface area contributed by atoms with Crippen molar-refractivity contribution >= 4 is 5.97 Å². The van der Waals surface area contributed by atoms with E-state index in [1.54, 1.807) is 0 Å². The molecule has 0 aromatic rings. The van der Waals surface area contributed by atoms with E-state index in [0.717, 1.165) is 0 Å². The van der Waals surface area contributed by atoms with E-state index < -0.39 is 37.4 Å². The molecule has 1 unspecified atom stereocenters. The number of carboxylic acids is 1. The summed E-state index contributed by atoms with van der Waals surface area (Å²) in [6, 6.07) is -1.16. The third-order valence-electron chi connectivity index (χ3n) is 1.72. The van der Waals surface area contributed by atoms with Crippen LogP contribution in [0.15, 0.2) is 0 Å². The van der Waals surface area contributed by atoms with E-state index in [9.17, 15) is 13.6 Å². The number of carbonyl (C=O) groups is 1. The smallest absolute Gasteiger partial charge is 0.320 e. The van der Waals surface area contributed by atoms with Crippen LogP contribution in [-0.4, -0.2) is 42.5 Å². The lowest BCUT2D eigenvalue weighted by Gasteiger charge is -2.29. The summed E-state index contributed by atoms with van der Waals surface area (Å²) in [5, 5.41) is 8.43. The molecule has 0 bridgehead atoms. The average molecular weight is 211 g/mol. The first-order valence-electron chi connectivity index (χ1n) is 4.00. The fraction of sp³-hybridized carbons (Fsp3) is 0.857. The summed E-state index contributed by atoms with van der Waals surface area (Å²) in [6.45, 7) is -1.52. The van der Waals surface area contributed by atoms with E-state index in [4.69, 9.17) is 10.8 Å². The number of hydrogen-bond acceptors (Lipinski definition) is 4. The predicted molar refractivity (Wildman–Crippen MR) is 40.9 cm³/mol. The van der Waals surface area contributed by atoms with Crippen LogP contribution in [0.5, 0.6) is 0 Å². The third kappa shape index (κ3) is 3.17. The second-order valence-electron chi connectivity index (χ2n) is 3.09. The molecule has 1 atom stereocenters. The number of rotatable bonds is 3. The van der Waals surface area contributed by atoms with Crippen molar-refractivity contribution in [3.05, 3.63) is 0 Å². The molecule has 1 aliphatic heterocycles. The molecular weight excluding hydrogens is 200 g/mol. The molecule has 1 heterocycles. The molecule has 7 heteroatoms. The Morgan fingerprint density at radius 3 is 2.50 bits per heavy atom. The van der Waals surface area contributed by atoms with Gasteiger partial charge in [-0.15, -0.1) is 0 Å². The van der Waals surface area contributed by atoms with Crippen LogP contribution in [0.3, 0.4) is 0 Å². The van der Waals surface area contributed by atoms with Gasteiger partial charge >= 0.3 is 5.97 Å². The van der Waals surface area contributed by atoms with Crippen molar-refractivity contribution < 1.29 is 28.2 Å². The molecule has 82 valence electrons. The van der Waals surface area contributed by atoms with Crippen molar-refractivity contribution in [1.82, 2.24) is 0 Å². The highest BCUT2D eigenvalue weighted by Gasteiger charge is 2.37. The lowest BCUT2D eigenvalue weighted by molar-refractivity contribution is -0.269. The highest BCUT2D eigenvalue weighted by Crippen LogP contribution is 2.22. The highest BCUT2D eigenvalue weighted by atomic mass is 19.3. The monoisotopic (exact) mass is 211 g/mol. The van der Waals surface area contributed by atoms with E-state index in [0.29, 0.717) is 0 Å². The van der Waals surface area contributed by atoms with Gasteiger partial charge in [-0.2, -0.15) is 0 Å². The third-order valence-corrected chi connectivity index (χ3v) is 1.72. The average Bonchev–Trinajstić information content (AvgIpc) is 2.08. The molecule has 1 saturated heterocycles. The maximum Gasteiger partial charge on any atom is 0.320 e. The molecular formula is C7H11F2NO4. The van der Waals surface area contributed by atoms with Gasteiger partial charge in [0.1, 0.15) is 19.3 Å². The molecule has 1 fully saturated rings. The number of alkyl halides is 2. The van der Waals surface area contributed by atoms with Crippen molar-refractivity contribution in [3.63, 3.8) is 0 Å². The molecule has 0 saturated carbocycles. The summed E-state index contributed by atoms with van der Waals surface area (Å²) in [4.78, 5) is 10.3. The Morgan fingerprint density at radius 2 is 2.07 bits per heavy atom. The second-order valence-corrected chi connectivity index (χ2v) is 3.09. The first kappa shape index (κ1) is 11.3. The zero-order chi connectivity index (χ0) is 10.8. The predicted octanol–water partition coefficient (Wildman–Crippen LogP) is -0.203. The molecule has 14 heavy (non-hydrogen) atoms. The van der Waals surface area contributed by atoms with Crippen LogP contribution in [0, 0.1) is 0 Å². The van der Waals surface area contributed by atoms with Gasteiger partial charge in [0.15, 0.2) is 6.29 Å². The summed E-state index contributed by atoms with van der Waals surface area (Å²) in [5.74, 6) is -4.21. The van der Waals surface area contributed by atoms with Gasteiger partial charge in [0.05, 0.1) is 0 Å². The number of aliphatic carboxylic acids is 1. The van der Waals surface area contributed by atoms with Gasteiger partial charge in [-0.25, -0.2) is 8.78 Å². The summed E-state index contributed by atoms with van der Waals surface area (Å²) in [6.07, 6.45) is -1.09. The molecule has 0 aromatic carbocycles. The lowest BCUT2D eigenvalue weighted by atomic mass is 10.2. The Morgan fingerprint density at radius 1 is 1.57 bits per heavy atom. The molecule has 1 rings (SSSR count). The van der Waals surface area contributed by atoms with Crippen molar-refractivity contribution in [2.45, 2.75) is 24.7 Å². The summed E-state index contributed by atoms with van der Waals surface area (Å²) >= 11 is 0. The standard InChI is InChI=1S/C7H11F2NO4/c8-7(9)2-13-5(14-3-7)1-4(10)6(11)12/h4-5H,1-3,10H2,(H,11,12). The second kappa shape index (κ2) is 4.16. The van der Waals surface area contributed by atoms with Crippen LogP contribution in [0.4, 0.5) is 8.78 Å². The fourth-order valence-electron chi connectivity index (χ4n) is 0.964. The molecule has 0 radical (unpaired) electrons. The topological polar surface area (TPSA) is 81.8 Å². The Labute approximate surface area is 78.8 Å². The van der Waals surface area contributed by atoms with Crippen LogP contribution < -0.4 is 5.73 Å².